The van der Waals surface area contributed by atoms with E-state index >= 15 is 0 Å². The number of anilines is 2. The molecule has 0 heterocycles. The maximum atomic E-state index is 12.4. The van der Waals surface area contributed by atoms with E-state index < -0.39 is 10.0 Å². The van der Waals surface area contributed by atoms with Crippen LogP contribution in [0.25, 0.3) is 0 Å². The standard InChI is InChI=1S/C13H12Br2N2O2S/c1-8-2-4-10(5-3-8)17-20(18,19)13-11(14)6-9(16)7-12(13)15/h2-7,17H,16H2,1H3. The SMILES string of the molecule is Cc1ccc(NS(=O)(=O)c2c(Br)cc(N)cc2Br)cc1. The van der Waals surface area contributed by atoms with Gasteiger partial charge >= 0.3 is 0 Å². The number of aryl methyl sites for hydroxylation is 1. The van der Waals surface area contributed by atoms with Crippen LogP contribution >= 0.6 is 31.9 Å². The van der Waals surface area contributed by atoms with Gasteiger partial charge in [0.15, 0.2) is 0 Å². The Hall–Kier alpha value is -1.05. The van der Waals surface area contributed by atoms with Gasteiger partial charge < -0.3 is 5.73 Å². The van der Waals surface area contributed by atoms with Gasteiger partial charge in [-0.25, -0.2) is 8.42 Å². The third kappa shape index (κ3) is 3.34. The first-order valence-corrected chi connectivity index (χ1v) is 8.70. The second-order valence-electron chi connectivity index (χ2n) is 4.29. The summed E-state index contributed by atoms with van der Waals surface area (Å²) in [5.41, 5.74) is 7.70. The highest BCUT2D eigenvalue weighted by atomic mass is 79.9. The van der Waals surface area contributed by atoms with E-state index in [9.17, 15) is 8.42 Å². The van der Waals surface area contributed by atoms with Crippen molar-refractivity contribution >= 4 is 53.3 Å². The van der Waals surface area contributed by atoms with Gasteiger partial charge in [-0.3, -0.25) is 4.72 Å². The molecule has 2 aromatic rings. The number of nitrogen functional groups attached to an aromatic ring is 1. The number of nitrogens with two attached hydrogens (primary N) is 1. The number of rotatable bonds is 3. The van der Waals surface area contributed by atoms with E-state index in [-0.39, 0.29) is 4.90 Å². The minimum atomic E-state index is -3.70. The average molecular weight is 420 g/mol. The summed E-state index contributed by atoms with van der Waals surface area (Å²) in [6.45, 7) is 1.94. The molecule has 20 heavy (non-hydrogen) atoms. The van der Waals surface area contributed by atoms with Crippen LogP contribution in [0.5, 0.6) is 0 Å². The summed E-state index contributed by atoms with van der Waals surface area (Å²) in [6.07, 6.45) is 0. The molecule has 0 saturated heterocycles. The summed E-state index contributed by atoms with van der Waals surface area (Å²) < 4.78 is 28.2. The molecule has 0 fully saturated rings. The minimum Gasteiger partial charge on any atom is -0.399 e. The summed E-state index contributed by atoms with van der Waals surface area (Å²) in [5, 5.41) is 0. The Balaban J connectivity index is 2.43. The molecule has 3 N–H and O–H groups in total. The lowest BCUT2D eigenvalue weighted by atomic mass is 10.2. The first kappa shape index (κ1) is 15.3. The van der Waals surface area contributed by atoms with Crippen molar-refractivity contribution in [3.63, 3.8) is 0 Å². The Morgan fingerprint density at radius 2 is 1.55 bits per heavy atom. The Kier molecular flexibility index (Phi) is 4.41. The fourth-order valence-corrected chi connectivity index (χ4v) is 5.34. The number of benzene rings is 2. The lowest BCUT2D eigenvalue weighted by molar-refractivity contribution is 0.600. The topological polar surface area (TPSA) is 72.2 Å². The molecule has 0 radical (unpaired) electrons. The molecule has 0 saturated carbocycles. The fraction of sp³-hybridized carbons (Fsp3) is 0.0769. The Labute approximate surface area is 134 Å². The maximum Gasteiger partial charge on any atom is 0.264 e. The zero-order chi connectivity index (χ0) is 14.9. The summed E-state index contributed by atoms with van der Waals surface area (Å²) in [7, 11) is -3.70. The third-order valence-corrected chi connectivity index (χ3v) is 5.85. The second kappa shape index (κ2) is 5.75. The van der Waals surface area contributed by atoms with Crippen molar-refractivity contribution in [1.82, 2.24) is 0 Å². The zero-order valence-corrected chi connectivity index (χ0v) is 14.5. The van der Waals surface area contributed by atoms with Crippen molar-refractivity contribution in [1.29, 1.82) is 0 Å². The normalized spacial score (nSPS) is 11.3. The predicted molar refractivity (Wildman–Crippen MR) is 88.2 cm³/mol. The van der Waals surface area contributed by atoms with Crippen molar-refractivity contribution in [2.75, 3.05) is 10.5 Å². The first-order valence-electron chi connectivity index (χ1n) is 5.63. The molecule has 7 heteroatoms. The highest BCUT2D eigenvalue weighted by Crippen LogP contribution is 2.33. The largest absolute Gasteiger partial charge is 0.399 e. The van der Waals surface area contributed by atoms with Gasteiger partial charge in [-0.2, -0.15) is 0 Å². The molecule has 0 aliphatic rings. The molecule has 0 aromatic heterocycles. The average Bonchev–Trinajstić information content (AvgIpc) is 2.30. The van der Waals surface area contributed by atoms with Gasteiger partial charge in [0.25, 0.3) is 10.0 Å². The van der Waals surface area contributed by atoms with Crippen LogP contribution in [0.1, 0.15) is 5.56 Å². The summed E-state index contributed by atoms with van der Waals surface area (Å²) >= 11 is 6.46. The van der Waals surface area contributed by atoms with Crippen LogP contribution in [0.2, 0.25) is 0 Å². The summed E-state index contributed by atoms with van der Waals surface area (Å²) in [5.74, 6) is 0. The molecule has 4 nitrogen and oxygen atoms in total. The van der Waals surface area contributed by atoms with E-state index in [0.29, 0.717) is 20.3 Å². The molecule has 0 atom stereocenters. The molecule has 0 amide bonds. The van der Waals surface area contributed by atoms with Gasteiger partial charge in [0.1, 0.15) is 4.90 Å². The van der Waals surface area contributed by atoms with Gasteiger partial charge in [0.2, 0.25) is 0 Å². The minimum absolute atomic E-state index is 0.118. The van der Waals surface area contributed by atoms with Gasteiger partial charge in [-0.15, -0.1) is 0 Å². The lowest BCUT2D eigenvalue weighted by Gasteiger charge is -2.12. The van der Waals surface area contributed by atoms with E-state index in [1.165, 1.54) is 0 Å². The highest BCUT2D eigenvalue weighted by Gasteiger charge is 2.21. The van der Waals surface area contributed by atoms with Crippen molar-refractivity contribution in [2.24, 2.45) is 0 Å². The Morgan fingerprint density at radius 3 is 2.05 bits per heavy atom. The van der Waals surface area contributed by atoms with Crippen LogP contribution in [0.3, 0.4) is 0 Å². The molecule has 0 spiro atoms. The van der Waals surface area contributed by atoms with E-state index in [1.54, 1.807) is 24.3 Å². The van der Waals surface area contributed by atoms with Crippen LogP contribution in [0, 0.1) is 6.92 Å². The molecule has 0 unspecified atom stereocenters. The fourth-order valence-electron chi connectivity index (χ4n) is 1.66. The summed E-state index contributed by atoms with van der Waals surface area (Å²) in [4.78, 5) is 0.118. The lowest BCUT2D eigenvalue weighted by Crippen LogP contribution is -2.14. The van der Waals surface area contributed by atoms with Gasteiger partial charge in [-0.1, -0.05) is 17.7 Å². The van der Waals surface area contributed by atoms with E-state index in [1.807, 2.05) is 19.1 Å². The Bertz CT molecular complexity index is 720. The number of hydrogen-bond donors (Lipinski definition) is 2. The van der Waals surface area contributed by atoms with Crippen LogP contribution in [0.4, 0.5) is 11.4 Å². The van der Waals surface area contributed by atoms with Crippen molar-refractivity contribution in [2.45, 2.75) is 11.8 Å². The Morgan fingerprint density at radius 1 is 1.05 bits per heavy atom. The van der Waals surface area contributed by atoms with Crippen LogP contribution < -0.4 is 10.5 Å². The van der Waals surface area contributed by atoms with Gasteiger partial charge in [0.05, 0.1) is 0 Å². The zero-order valence-electron chi connectivity index (χ0n) is 10.5. The van der Waals surface area contributed by atoms with Crippen LogP contribution in [-0.4, -0.2) is 8.42 Å². The number of halogens is 2. The molecular weight excluding hydrogens is 408 g/mol. The molecular formula is C13H12Br2N2O2S. The molecule has 2 aromatic carbocycles. The van der Waals surface area contributed by atoms with Crippen molar-refractivity contribution in [3.8, 4) is 0 Å². The summed E-state index contributed by atoms with van der Waals surface area (Å²) in [6, 6.07) is 10.2. The first-order chi connectivity index (χ1) is 9.29. The van der Waals surface area contributed by atoms with Gasteiger partial charge in [-0.05, 0) is 63.0 Å². The third-order valence-electron chi connectivity index (χ3n) is 2.59. The number of hydrogen-bond acceptors (Lipinski definition) is 3. The van der Waals surface area contributed by atoms with Crippen molar-refractivity contribution in [3.05, 3.63) is 50.9 Å². The molecule has 2 rings (SSSR count). The quantitative estimate of drug-likeness (QED) is 0.741. The predicted octanol–water partition coefficient (Wildman–Crippen LogP) is 3.90. The van der Waals surface area contributed by atoms with Crippen LogP contribution in [-0.2, 0) is 10.0 Å². The highest BCUT2D eigenvalue weighted by molar-refractivity contribution is 9.11. The van der Waals surface area contributed by atoms with E-state index in [0.717, 1.165) is 5.56 Å². The van der Waals surface area contributed by atoms with E-state index in [2.05, 4.69) is 36.6 Å². The number of nitrogens with one attached hydrogen (secondary N) is 1. The molecule has 106 valence electrons. The monoisotopic (exact) mass is 418 g/mol. The molecule has 0 aliphatic carbocycles. The molecule has 0 aliphatic heterocycles. The maximum absolute atomic E-state index is 12.4. The smallest absolute Gasteiger partial charge is 0.264 e. The van der Waals surface area contributed by atoms with Gasteiger partial charge in [0, 0.05) is 20.3 Å². The van der Waals surface area contributed by atoms with E-state index in [4.69, 9.17) is 5.73 Å². The molecule has 0 bridgehead atoms. The second-order valence-corrected chi connectivity index (χ2v) is 7.61. The van der Waals surface area contributed by atoms with Crippen LogP contribution in [0.15, 0.2) is 50.2 Å². The van der Waals surface area contributed by atoms with Crippen molar-refractivity contribution < 1.29 is 8.42 Å². The number of sulfonamides is 1.